The summed E-state index contributed by atoms with van der Waals surface area (Å²) in [6.45, 7) is 3.82. The predicted molar refractivity (Wildman–Crippen MR) is 91.8 cm³/mol. The van der Waals surface area contributed by atoms with Gasteiger partial charge in [0.25, 0.3) is 0 Å². The average molecular weight is 365 g/mol. The highest BCUT2D eigenvalue weighted by Crippen LogP contribution is 2.35. The van der Waals surface area contributed by atoms with Gasteiger partial charge in [0.15, 0.2) is 5.82 Å². The number of ether oxygens (including phenoxy) is 1. The minimum Gasteiger partial charge on any atom is -0.497 e. The molecule has 1 atom stereocenters. The Kier molecular flexibility index (Phi) is 5.10. The molecule has 1 aliphatic carbocycles. The molecule has 1 N–H and O–H groups in total. The number of nitrogens with one attached hydrogen (secondary N) is 1. The molecule has 2 aromatic rings. The Balaban J connectivity index is 1.81. The minimum absolute atomic E-state index is 0.0392. The topological polar surface area (TPSA) is 94.3 Å². The molecule has 1 unspecified atom stereocenters. The zero-order valence-electron chi connectivity index (χ0n) is 14.6. The van der Waals surface area contributed by atoms with Gasteiger partial charge in [-0.2, -0.15) is 9.71 Å². The molecule has 0 radical (unpaired) electrons. The number of methoxy groups -OCH3 is 1. The first-order valence-corrected chi connectivity index (χ1v) is 9.89. The van der Waals surface area contributed by atoms with E-state index in [-0.39, 0.29) is 10.8 Å². The molecule has 136 valence electrons. The summed E-state index contributed by atoms with van der Waals surface area (Å²) in [5.41, 5.74) is 0. The van der Waals surface area contributed by atoms with E-state index < -0.39 is 16.1 Å². The summed E-state index contributed by atoms with van der Waals surface area (Å²) >= 11 is 0. The molecule has 1 saturated carbocycles. The molecule has 8 heteroatoms. The van der Waals surface area contributed by atoms with E-state index >= 15 is 0 Å². The fraction of sp³-hybridized carbons (Fsp3) is 0.529. The molecule has 0 spiro atoms. The highest BCUT2D eigenvalue weighted by molar-refractivity contribution is 7.89. The van der Waals surface area contributed by atoms with Gasteiger partial charge in [-0.1, -0.05) is 25.4 Å². The maximum atomic E-state index is 12.7. The molecule has 25 heavy (non-hydrogen) atoms. The van der Waals surface area contributed by atoms with Gasteiger partial charge >= 0.3 is 0 Å². The van der Waals surface area contributed by atoms with Gasteiger partial charge in [0, 0.05) is 5.92 Å². The van der Waals surface area contributed by atoms with Gasteiger partial charge < -0.3 is 9.26 Å². The standard InChI is InChI=1S/C17H23N3O4S/c1-11(2)15(17-18-16(19-24-17)12-5-4-6-12)20-25(21,22)14-9-7-13(23-3)8-10-14/h7-12,15,20H,4-6H2,1-3H3. The van der Waals surface area contributed by atoms with Crippen LogP contribution < -0.4 is 9.46 Å². The minimum atomic E-state index is -3.71. The van der Waals surface area contributed by atoms with Gasteiger partial charge in [0.05, 0.1) is 12.0 Å². The maximum absolute atomic E-state index is 12.7. The molecule has 1 fully saturated rings. The number of hydrogen-bond donors (Lipinski definition) is 1. The van der Waals surface area contributed by atoms with E-state index in [4.69, 9.17) is 9.26 Å². The lowest BCUT2D eigenvalue weighted by Crippen LogP contribution is -2.32. The molecule has 1 aromatic heterocycles. The van der Waals surface area contributed by atoms with E-state index in [9.17, 15) is 8.42 Å². The van der Waals surface area contributed by atoms with Crippen molar-refractivity contribution >= 4 is 10.0 Å². The Labute approximate surface area is 147 Å². The van der Waals surface area contributed by atoms with Crippen molar-refractivity contribution in [3.05, 3.63) is 36.0 Å². The Morgan fingerprint density at radius 1 is 1.24 bits per heavy atom. The second-order valence-corrected chi connectivity index (χ2v) is 8.35. The van der Waals surface area contributed by atoms with Gasteiger partial charge in [0.2, 0.25) is 15.9 Å². The van der Waals surface area contributed by atoms with Gasteiger partial charge in [0.1, 0.15) is 11.8 Å². The molecule has 7 nitrogen and oxygen atoms in total. The van der Waals surface area contributed by atoms with Gasteiger partial charge in [-0.25, -0.2) is 8.42 Å². The summed E-state index contributed by atoms with van der Waals surface area (Å²) in [7, 11) is -2.18. The Bertz CT molecular complexity index is 811. The lowest BCUT2D eigenvalue weighted by atomic mass is 9.85. The van der Waals surface area contributed by atoms with Crippen LogP contribution in [-0.4, -0.2) is 25.7 Å². The second kappa shape index (κ2) is 7.13. The van der Waals surface area contributed by atoms with Crippen LogP contribution in [0.1, 0.15) is 56.8 Å². The average Bonchev–Trinajstić information content (AvgIpc) is 3.00. The van der Waals surface area contributed by atoms with Crippen LogP contribution in [0.2, 0.25) is 0 Å². The molecule has 0 aliphatic heterocycles. The highest BCUT2D eigenvalue weighted by Gasteiger charge is 2.31. The fourth-order valence-corrected chi connectivity index (χ4v) is 4.01. The molecule has 0 bridgehead atoms. The van der Waals surface area contributed by atoms with Crippen molar-refractivity contribution in [3.8, 4) is 5.75 Å². The summed E-state index contributed by atoms with van der Waals surface area (Å²) in [5.74, 6) is 1.89. The number of benzene rings is 1. The van der Waals surface area contributed by atoms with Crippen molar-refractivity contribution in [2.75, 3.05) is 7.11 Å². The van der Waals surface area contributed by atoms with E-state index in [1.165, 1.54) is 25.7 Å². The summed E-state index contributed by atoms with van der Waals surface area (Å²) in [5, 5.41) is 4.03. The van der Waals surface area contributed by atoms with E-state index in [2.05, 4.69) is 14.9 Å². The zero-order valence-corrected chi connectivity index (χ0v) is 15.4. The largest absolute Gasteiger partial charge is 0.497 e. The molecule has 0 amide bonds. The van der Waals surface area contributed by atoms with Gasteiger partial charge in [-0.15, -0.1) is 0 Å². The fourth-order valence-electron chi connectivity index (χ4n) is 2.67. The molecule has 1 heterocycles. The van der Waals surface area contributed by atoms with Gasteiger partial charge in [-0.3, -0.25) is 0 Å². The van der Waals surface area contributed by atoms with Crippen LogP contribution in [0.15, 0.2) is 33.7 Å². The van der Waals surface area contributed by atoms with Crippen molar-refractivity contribution in [2.24, 2.45) is 5.92 Å². The first kappa shape index (κ1) is 17.9. The lowest BCUT2D eigenvalue weighted by Gasteiger charge is -2.21. The predicted octanol–water partition coefficient (Wildman–Crippen LogP) is 3.02. The second-order valence-electron chi connectivity index (χ2n) is 6.64. The first-order valence-electron chi connectivity index (χ1n) is 8.40. The van der Waals surface area contributed by atoms with Crippen molar-refractivity contribution in [1.29, 1.82) is 0 Å². The third-order valence-corrected chi connectivity index (χ3v) is 5.97. The molecule has 0 saturated heterocycles. The lowest BCUT2D eigenvalue weighted by molar-refractivity contribution is 0.303. The van der Waals surface area contributed by atoms with Crippen molar-refractivity contribution in [3.63, 3.8) is 0 Å². The number of hydrogen-bond acceptors (Lipinski definition) is 6. The summed E-state index contributed by atoms with van der Waals surface area (Å²) in [4.78, 5) is 4.60. The van der Waals surface area contributed by atoms with Crippen molar-refractivity contribution < 1.29 is 17.7 Å². The number of aromatic nitrogens is 2. The quantitative estimate of drug-likeness (QED) is 0.810. The zero-order chi connectivity index (χ0) is 18.0. The molecule has 3 rings (SSSR count). The third-order valence-electron chi connectivity index (χ3n) is 4.51. The van der Waals surface area contributed by atoms with E-state index in [0.29, 0.717) is 23.4 Å². The number of rotatable bonds is 7. The maximum Gasteiger partial charge on any atom is 0.245 e. The van der Waals surface area contributed by atoms with Crippen molar-refractivity contribution in [1.82, 2.24) is 14.9 Å². The molecular weight excluding hydrogens is 342 g/mol. The number of nitrogens with zero attached hydrogens (tertiary/aromatic N) is 2. The van der Waals surface area contributed by atoms with E-state index in [1.807, 2.05) is 13.8 Å². The smallest absolute Gasteiger partial charge is 0.245 e. The van der Waals surface area contributed by atoms with E-state index in [1.54, 1.807) is 12.1 Å². The summed E-state index contributed by atoms with van der Waals surface area (Å²) in [6.07, 6.45) is 3.29. The van der Waals surface area contributed by atoms with Crippen molar-refractivity contribution in [2.45, 2.75) is 50.0 Å². The highest BCUT2D eigenvalue weighted by atomic mass is 32.2. The number of sulfonamides is 1. The van der Waals surface area contributed by atoms with Crippen LogP contribution in [0, 0.1) is 5.92 Å². The first-order chi connectivity index (χ1) is 11.9. The third kappa shape index (κ3) is 3.85. The van der Waals surface area contributed by atoms with Crippen LogP contribution in [0.3, 0.4) is 0 Å². The normalized spacial score (nSPS) is 16.6. The Morgan fingerprint density at radius 3 is 2.44 bits per heavy atom. The van der Waals surface area contributed by atoms with Crippen LogP contribution in [0.25, 0.3) is 0 Å². The monoisotopic (exact) mass is 365 g/mol. The Morgan fingerprint density at radius 2 is 1.92 bits per heavy atom. The molecule has 1 aliphatic rings. The van der Waals surface area contributed by atoms with Gasteiger partial charge in [-0.05, 0) is 43.0 Å². The summed E-state index contributed by atoms with van der Waals surface area (Å²) < 4.78 is 38.5. The molecule has 1 aromatic carbocycles. The SMILES string of the molecule is COc1ccc(S(=O)(=O)NC(c2nc(C3CCC3)no2)C(C)C)cc1. The van der Waals surface area contributed by atoms with Crippen LogP contribution in [-0.2, 0) is 10.0 Å². The van der Waals surface area contributed by atoms with Crippen LogP contribution in [0.4, 0.5) is 0 Å². The van der Waals surface area contributed by atoms with Crippen LogP contribution >= 0.6 is 0 Å². The van der Waals surface area contributed by atoms with E-state index in [0.717, 1.165) is 12.8 Å². The Hall–Kier alpha value is -1.93. The van der Waals surface area contributed by atoms with Crippen LogP contribution in [0.5, 0.6) is 5.75 Å². The molecular formula is C17H23N3O4S. The summed E-state index contributed by atoms with van der Waals surface area (Å²) in [6, 6.07) is 5.66.